The van der Waals surface area contributed by atoms with Crippen molar-refractivity contribution in [2.24, 2.45) is 0 Å². The van der Waals surface area contributed by atoms with Crippen molar-refractivity contribution in [1.82, 2.24) is 0 Å². The van der Waals surface area contributed by atoms with Gasteiger partial charge in [0, 0.05) is 0 Å². The molecule has 34 heavy (non-hydrogen) atoms. The van der Waals surface area contributed by atoms with Gasteiger partial charge in [-0.3, -0.25) is 0 Å². The topological polar surface area (TPSA) is 47.9 Å². The minimum Gasteiger partial charge on any atom is -0.497 e. The minimum atomic E-state index is -0.995. The molecule has 0 bridgehead atoms. The molecule has 0 saturated carbocycles. The average Bonchev–Trinajstić information content (AvgIpc) is 2.90. The minimum absolute atomic E-state index is 0.123. The third-order valence-corrected chi connectivity index (χ3v) is 5.83. The highest BCUT2D eigenvalue weighted by Gasteiger charge is 2.38. The van der Waals surface area contributed by atoms with Gasteiger partial charge in [-0.25, -0.2) is 4.39 Å². The zero-order chi connectivity index (χ0) is 24.0. The maximum atomic E-state index is 14.2. The van der Waals surface area contributed by atoms with E-state index in [0.29, 0.717) is 11.1 Å². The van der Waals surface area contributed by atoms with Gasteiger partial charge in [0.1, 0.15) is 22.9 Å². The van der Waals surface area contributed by atoms with E-state index in [2.05, 4.69) is 0 Å². The molecule has 0 aromatic heterocycles. The smallest absolute Gasteiger partial charge is 0.144 e. The van der Waals surface area contributed by atoms with Crippen LogP contribution in [0.2, 0.25) is 0 Å². The number of aliphatic hydroxyl groups is 1. The molecule has 0 unspecified atom stereocenters. The third-order valence-electron chi connectivity index (χ3n) is 5.83. The number of ether oxygens (including phenoxy) is 3. The Bertz CT molecular complexity index is 1160. The van der Waals surface area contributed by atoms with E-state index >= 15 is 0 Å². The zero-order valence-corrected chi connectivity index (χ0v) is 19.2. The molecule has 0 radical (unpaired) electrons. The van der Waals surface area contributed by atoms with Gasteiger partial charge in [-0.2, -0.15) is 0 Å². The lowest BCUT2D eigenvalue weighted by molar-refractivity contribution is 0.0000352. The molecule has 0 saturated heterocycles. The summed E-state index contributed by atoms with van der Waals surface area (Å²) in [6, 6.07) is 29.9. The second-order valence-electron chi connectivity index (χ2n) is 7.92. The molecule has 4 aromatic rings. The normalized spacial score (nSPS) is 11.3. The van der Waals surface area contributed by atoms with Crippen LogP contribution < -0.4 is 9.47 Å². The number of methoxy groups -OCH3 is 2. The van der Waals surface area contributed by atoms with Crippen LogP contribution in [0, 0.1) is 5.82 Å². The lowest BCUT2D eigenvalue weighted by Gasteiger charge is -2.36. The van der Waals surface area contributed by atoms with E-state index in [1.807, 2.05) is 78.9 Å². The van der Waals surface area contributed by atoms with Crippen LogP contribution in [-0.2, 0) is 23.6 Å². The molecule has 0 aliphatic carbocycles. The Morgan fingerprint density at radius 3 is 1.68 bits per heavy atom. The Morgan fingerprint density at radius 1 is 0.676 bits per heavy atom. The first kappa shape index (κ1) is 23.5. The molecule has 174 valence electrons. The Morgan fingerprint density at radius 2 is 1.18 bits per heavy atom. The molecule has 0 aliphatic rings. The fourth-order valence-corrected chi connectivity index (χ4v) is 4.16. The molecule has 4 aromatic carbocycles. The molecular weight excluding hydrogens is 431 g/mol. The van der Waals surface area contributed by atoms with E-state index in [1.54, 1.807) is 20.3 Å². The van der Waals surface area contributed by atoms with Crippen LogP contribution >= 0.6 is 0 Å². The van der Waals surface area contributed by atoms with Crippen molar-refractivity contribution in [2.75, 3.05) is 14.2 Å². The van der Waals surface area contributed by atoms with E-state index < -0.39 is 11.4 Å². The van der Waals surface area contributed by atoms with E-state index in [1.165, 1.54) is 12.1 Å². The van der Waals surface area contributed by atoms with Crippen LogP contribution in [-0.4, -0.2) is 19.3 Å². The van der Waals surface area contributed by atoms with Crippen molar-refractivity contribution >= 4 is 0 Å². The molecule has 4 rings (SSSR count). The van der Waals surface area contributed by atoms with Gasteiger partial charge < -0.3 is 19.3 Å². The predicted molar refractivity (Wildman–Crippen MR) is 129 cm³/mol. The maximum absolute atomic E-state index is 14.2. The van der Waals surface area contributed by atoms with E-state index in [0.717, 1.165) is 28.2 Å². The van der Waals surface area contributed by atoms with Gasteiger partial charge in [0.25, 0.3) is 0 Å². The van der Waals surface area contributed by atoms with Crippen LogP contribution in [0.25, 0.3) is 0 Å². The maximum Gasteiger partial charge on any atom is 0.144 e. The van der Waals surface area contributed by atoms with Gasteiger partial charge in [0.2, 0.25) is 0 Å². The standard InChI is InChI=1S/C29H27FO4/c1-32-27-12-8-24(9-13-27)29(23-6-4-3-5-7-23,25-10-14-28(33-2)15-11-25)34-20-22-16-21(19-31)17-26(30)18-22/h3-18,31H,19-20H2,1-2H3. The Hall–Kier alpha value is -3.67. The molecule has 0 fully saturated rings. The fraction of sp³-hybridized carbons (Fsp3) is 0.172. The number of rotatable bonds is 9. The molecule has 1 N–H and O–H groups in total. The van der Waals surface area contributed by atoms with Crippen molar-refractivity contribution in [3.63, 3.8) is 0 Å². The Labute approximate surface area is 199 Å². The van der Waals surface area contributed by atoms with E-state index in [-0.39, 0.29) is 13.2 Å². The highest BCUT2D eigenvalue weighted by atomic mass is 19.1. The first-order chi connectivity index (χ1) is 16.6. The first-order valence-electron chi connectivity index (χ1n) is 11.0. The van der Waals surface area contributed by atoms with Crippen molar-refractivity contribution in [2.45, 2.75) is 18.8 Å². The van der Waals surface area contributed by atoms with Crippen LogP contribution in [0.3, 0.4) is 0 Å². The summed E-state index contributed by atoms with van der Waals surface area (Å²) in [5.74, 6) is 1.06. The average molecular weight is 459 g/mol. The van der Waals surface area contributed by atoms with Crippen molar-refractivity contribution in [3.05, 3.63) is 131 Å². The van der Waals surface area contributed by atoms with Gasteiger partial charge in [0.15, 0.2) is 0 Å². The summed E-state index contributed by atoms with van der Waals surface area (Å²) < 4.78 is 31.7. The molecule has 5 heteroatoms. The molecule has 0 spiro atoms. The SMILES string of the molecule is COc1ccc(C(OCc2cc(F)cc(CO)c2)(c2ccccc2)c2ccc(OC)cc2)cc1. The number of hydrogen-bond donors (Lipinski definition) is 1. The summed E-state index contributed by atoms with van der Waals surface area (Å²) in [4.78, 5) is 0. The molecule has 0 heterocycles. The molecule has 4 nitrogen and oxygen atoms in total. The summed E-state index contributed by atoms with van der Waals surface area (Å²) in [5.41, 5.74) is 2.84. The largest absolute Gasteiger partial charge is 0.497 e. The van der Waals surface area contributed by atoms with E-state index in [9.17, 15) is 9.50 Å². The Balaban J connectivity index is 1.88. The van der Waals surface area contributed by atoms with Gasteiger partial charge in [0.05, 0.1) is 27.4 Å². The summed E-state index contributed by atoms with van der Waals surface area (Å²) in [6.07, 6.45) is 0. The summed E-state index contributed by atoms with van der Waals surface area (Å²) in [6.45, 7) is -0.122. The summed E-state index contributed by atoms with van der Waals surface area (Å²) in [7, 11) is 3.25. The van der Waals surface area contributed by atoms with Gasteiger partial charge >= 0.3 is 0 Å². The fourth-order valence-electron chi connectivity index (χ4n) is 4.16. The van der Waals surface area contributed by atoms with Crippen molar-refractivity contribution < 1.29 is 23.7 Å². The molecule has 0 atom stereocenters. The monoisotopic (exact) mass is 458 g/mol. The van der Waals surface area contributed by atoms with Crippen LogP contribution in [0.5, 0.6) is 11.5 Å². The van der Waals surface area contributed by atoms with Crippen molar-refractivity contribution in [3.8, 4) is 11.5 Å². The third kappa shape index (κ3) is 4.81. The molecule has 0 aliphatic heterocycles. The quantitative estimate of drug-likeness (QED) is 0.320. The summed E-state index contributed by atoms with van der Waals surface area (Å²) in [5, 5.41) is 9.52. The Kier molecular flexibility index (Phi) is 7.26. The van der Waals surface area contributed by atoms with Crippen LogP contribution in [0.4, 0.5) is 4.39 Å². The predicted octanol–water partition coefficient (Wildman–Crippen LogP) is 5.84. The van der Waals surface area contributed by atoms with Crippen LogP contribution in [0.15, 0.2) is 97.1 Å². The molecule has 0 amide bonds. The van der Waals surface area contributed by atoms with E-state index in [4.69, 9.17) is 14.2 Å². The van der Waals surface area contributed by atoms with Gasteiger partial charge in [-0.15, -0.1) is 0 Å². The van der Waals surface area contributed by atoms with Gasteiger partial charge in [-0.1, -0.05) is 60.7 Å². The van der Waals surface area contributed by atoms with Crippen molar-refractivity contribution in [1.29, 1.82) is 0 Å². The highest BCUT2D eigenvalue weighted by Crippen LogP contribution is 2.42. The second kappa shape index (κ2) is 10.5. The second-order valence-corrected chi connectivity index (χ2v) is 7.92. The number of halogens is 1. The number of hydrogen-bond acceptors (Lipinski definition) is 4. The van der Waals surface area contributed by atoms with Gasteiger partial charge in [-0.05, 0) is 64.2 Å². The number of benzene rings is 4. The lowest BCUT2D eigenvalue weighted by atomic mass is 9.80. The number of aliphatic hydroxyl groups excluding tert-OH is 1. The molecular formula is C29H27FO4. The zero-order valence-electron chi connectivity index (χ0n) is 19.2. The lowest BCUT2D eigenvalue weighted by Crippen LogP contribution is -2.32. The highest BCUT2D eigenvalue weighted by molar-refractivity contribution is 5.49. The van der Waals surface area contributed by atoms with Crippen LogP contribution in [0.1, 0.15) is 27.8 Å². The first-order valence-corrected chi connectivity index (χ1v) is 11.0. The summed E-state index contributed by atoms with van der Waals surface area (Å²) >= 11 is 0.